The smallest absolute Gasteiger partial charge is 0.244 e. The van der Waals surface area contributed by atoms with E-state index in [2.05, 4.69) is 52.4 Å². The highest BCUT2D eigenvalue weighted by molar-refractivity contribution is 9.10. The van der Waals surface area contributed by atoms with E-state index < -0.39 is 5.54 Å². The SMILES string of the molecule is Cc1ccc(CCNC(=O)C(C)(N)c2ccc(Br)cc2)cc1.Cl. The zero-order valence-corrected chi connectivity index (χ0v) is 15.7. The molecule has 0 aliphatic rings. The van der Waals surface area contributed by atoms with Crippen molar-refractivity contribution in [3.63, 3.8) is 0 Å². The van der Waals surface area contributed by atoms with Gasteiger partial charge < -0.3 is 11.1 Å². The van der Waals surface area contributed by atoms with Crippen molar-refractivity contribution in [2.75, 3.05) is 6.54 Å². The highest BCUT2D eigenvalue weighted by Gasteiger charge is 2.29. The van der Waals surface area contributed by atoms with E-state index in [1.807, 2.05) is 24.3 Å². The Morgan fingerprint density at radius 2 is 1.70 bits per heavy atom. The van der Waals surface area contributed by atoms with E-state index in [1.165, 1.54) is 11.1 Å². The molecular formula is C18H22BrClN2O. The molecular weight excluding hydrogens is 376 g/mol. The molecule has 3 nitrogen and oxygen atoms in total. The lowest BCUT2D eigenvalue weighted by Crippen LogP contribution is -2.49. The van der Waals surface area contributed by atoms with Crippen LogP contribution in [0, 0.1) is 6.92 Å². The maximum Gasteiger partial charge on any atom is 0.244 e. The van der Waals surface area contributed by atoms with Crippen LogP contribution in [-0.4, -0.2) is 12.5 Å². The molecule has 0 aliphatic heterocycles. The topological polar surface area (TPSA) is 55.1 Å². The van der Waals surface area contributed by atoms with Gasteiger partial charge in [-0.15, -0.1) is 12.4 Å². The molecule has 0 bridgehead atoms. The van der Waals surface area contributed by atoms with E-state index in [0.717, 1.165) is 16.5 Å². The van der Waals surface area contributed by atoms with Gasteiger partial charge in [0.05, 0.1) is 0 Å². The predicted molar refractivity (Wildman–Crippen MR) is 101 cm³/mol. The van der Waals surface area contributed by atoms with E-state index in [9.17, 15) is 4.79 Å². The van der Waals surface area contributed by atoms with Crippen molar-refractivity contribution in [2.24, 2.45) is 5.73 Å². The van der Waals surface area contributed by atoms with Crippen LogP contribution in [0.5, 0.6) is 0 Å². The van der Waals surface area contributed by atoms with Crippen LogP contribution in [0.2, 0.25) is 0 Å². The first-order valence-corrected chi connectivity index (χ1v) is 8.07. The fourth-order valence-electron chi connectivity index (χ4n) is 2.19. The maximum absolute atomic E-state index is 12.3. The molecule has 1 unspecified atom stereocenters. The Kier molecular flexibility index (Phi) is 7.26. The molecule has 0 saturated carbocycles. The van der Waals surface area contributed by atoms with Gasteiger partial charge >= 0.3 is 0 Å². The van der Waals surface area contributed by atoms with Crippen LogP contribution in [0.4, 0.5) is 0 Å². The van der Waals surface area contributed by atoms with Gasteiger partial charge in [0.2, 0.25) is 5.91 Å². The summed E-state index contributed by atoms with van der Waals surface area (Å²) in [6.45, 7) is 4.37. The third kappa shape index (κ3) is 5.34. The minimum Gasteiger partial charge on any atom is -0.354 e. The molecule has 5 heteroatoms. The van der Waals surface area contributed by atoms with Crippen molar-refractivity contribution in [2.45, 2.75) is 25.8 Å². The lowest BCUT2D eigenvalue weighted by molar-refractivity contribution is -0.126. The van der Waals surface area contributed by atoms with Crippen LogP contribution in [0.3, 0.4) is 0 Å². The van der Waals surface area contributed by atoms with Crippen LogP contribution < -0.4 is 11.1 Å². The number of carbonyl (C=O) groups is 1. The van der Waals surface area contributed by atoms with E-state index in [-0.39, 0.29) is 18.3 Å². The molecule has 0 aromatic heterocycles. The molecule has 0 aliphatic carbocycles. The molecule has 1 atom stereocenters. The van der Waals surface area contributed by atoms with Gasteiger partial charge in [-0.25, -0.2) is 0 Å². The number of halogens is 2. The Bertz CT molecular complexity index is 639. The van der Waals surface area contributed by atoms with Crippen LogP contribution in [0.15, 0.2) is 53.0 Å². The third-order valence-electron chi connectivity index (χ3n) is 3.74. The average Bonchev–Trinajstić information content (AvgIpc) is 2.49. The molecule has 0 spiro atoms. The molecule has 0 fully saturated rings. The van der Waals surface area contributed by atoms with Crippen LogP contribution in [0.25, 0.3) is 0 Å². The van der Waals surface area contributed by atoms with E-state index in [4.69, 9.17) is 5.73 Å². The van der Waals surface area contributed by atoms with E-state index in [0.29, 0.717) is 6.54 Å². The van der Waals surface area contributed by atoms with Gasteiger partial charge in [-0.1, -0.05) is 57.9 Å². The number of rotatable bonds is 5. The lowest BCUT2D eigenvalue weighted by Gasteiger charge is -2.24. The van der Waals surface area contributed by atoms with Gasteiger partial charge in [-0.3, -0.25) is 4.79 Å². The average molecular weight is 398 g/mol. The van der Waals surface area contributed by atoms with Crippen molar-refractivity contribution >= 4 is 34.2 Å². The molecule has 23 heavy (non-hydrogen) atoms. The quantitative estimate of drug-likeness (QED) is 0.808. The van der Waals surface area contributed by atoms with Crippen molar-refractivity contribution < 1.29 is 4.79 Å². The fourth-order valence-corrected chi connectivity index (χ4v) is 2.45. The van der Waals surface area contributed by atoms with Gasteiger partial charge in [-0.05, 0) is 43.5 Å². The first kappa shape index (κ1) is 19.7. The molecule has 2 aromatic rings. The number of amides is 1. The Balaban J connectivity index is 0.00000264. The number of benzene rings is 2. The third-order valence-corrected chi connectivity index (χ3v) is 4.26. The summed E-state index contributed by atoms with van der Waals surface area (Å²) in [7, 11) is 0. The second kappa shape index (κ2) is 8.48. The Labute approximate surface area is 152 Å². The van der Waals surface area contributed by atoms with Crippen LogP contribution >= 0.6 is 28.3 Å². The van der Waals surface area contributed by atoms with Gasteiger partial charge in [0.15, 0.2) is 0 Å². The summed E-state index contributed by atoms with van der Waals surface area (Å²) in [5.41, 5.74) is 8.40. The summed E-state index contributed by atoms with van der Waals surface area (Å²) in [6, 6.07) is 15.8. The molecule has 2 rings (SSSR count). The molecule has 2 aromatic carbocycles. The Hall–Kier alpha value is -1.36. The fraction of sp³-hybridized carbons (Fsp3) is 0.278. The summed E-state index contributed by atoms with van der Waals surface area (Å²) in [4.78, 5) is 12.3. The number of aryl methyl sites for hydroxylation is 1. The number of hydrogen-bond donors (Lipinski definition) is 2. The number of hydrogen-bond acceptors (Lipinski definition) is 2. The van der Waals surface area contributed by atoms with Gasteiger partial charge in [0.1, 0.15) is 5.54 Å². The molecule has 124 valence electrons. The largest absolute Gasteiger partial charge is 0.354 e. The number of carbonyl (C=O) groups excluding carboxylic acids is 1. The highest BCUT2D eigenvalue weighted by atomic mass is 79.9. The molecule has 1 amide bonds. The minimum atomic E-state index is -1.03. The zero-order chi connectivity index (χ0) is 16.2. The summed E-state index contributed by atoms with van der Waals surface area (Å²) >= 11 is 3.38. The van der Waals surface area contributed by atoms with Crippen molar-refractivity contribution in [1.82, 2.24) is 5.32 Å². The number of nitrogens with two attached hydrogens (primary N) is 1. The molecule has 3 N–H and O–H groups in total. The number of nitrogens with one attached hydrogen (secondary N) is 1. The van der Waals surface area contributed by atoms with E-state index >= 15 is 0 Å². The van der Waals surface area contributed by atoms with Gasteiger partial charge in [0.25, 0.3) is 0 Å². The van der Waals surface area contributed by atoms with Crippen LogP contribution in [0.1, 0.15) is 23.6 Å². The van der Waals surface area contributed by atoms with Crippen LogP contribution in [-0.2, 0) is 16.8 Å². The minimum absolute atomic E-state index is 0. The monoisotopic (exact) mass is 396 g/mol. The van der Waals surface area contributed by atoms with E-state index in [1.54, 1.807) is 6.92 Å². The summed E-state index contributed by atoms with van der Waals surface area (Å²) in [5, 5.41) is 2.92. The Morgan fingerprint density at radius 1 is 1.13 bits per heavy atom. The maximum atomic E-state index is 12.3. The van der Waals surface area contributed by atoms with Gasteiger partial charge in [0, 0.05) is 11.0 Å². The molecule has 0 heterocycles. The lowest BCUT2D eigenvalue weighted by atomic mass is 9.92. The molecule has 0 radical (unpaired) electrons. The predicted octanol–water partition coefficient (Wildman–Crippen LogP) is 3.71. The van der Waals surface area contributed by atoms with Crippen molar-refractivity contribution in [3.05, 3.63) is 69.7 Å². The highest BCUT2D eigenvalue weighted by Crippen LogP contribution is 2.20. The first-order chi connectivity index (χ1) is 10.4. The second-order valence-corrected chi connectivity index (χ2v) is 6.62. The molecule has 0 saturated heterocycles. The normalized spacial score (nSPS) is 12.9. The second-order valence-electron chi connectivity index (χ2n) is 5.70. The summed E-state index contributed by atoms with van der Waals surface area (Å²) in [6.07, 6.45) is 0.794. The standard InChI is InChI=1S/C18H21BrN2O.ClH/c1-13-3-5-14(6-4-13)11-12-21-17(22)18(2,20)15-7-9-16(19)10-8-15;/h3-10H,11-12,20H2,1-2H3,(H,21,22);1H. The van der Waals surface area contributed by atoms with Gasteiger partial charge in [-0.2, -0.15) is 0 Å². The Morgan fingerprint density at radius 3 is 2.26 bits per heavy atom. The van der Waals surface area contributed by atoms with Crippen molar-refractivity contribution in [3.8, 4) is 0 Å². The zero-order valence-electron chi connectivity index (χ0n) is 13.3. The van der Waals surface area contributed by atoms with Crippen molar-refractivity contribution in [1.29, 1.82) is 0 Å². The summed E-state index contributed by atoms with van der Waals surface area (Å²) in [5.74, 6) is -0.165. The summed E-state index contributed by atoms with van der Waals surface area (Å²) < 4.78 is 0.965. The first-order valence-electron chi connectivity index (χ1n) is 7.28.